The van der Waals surface area contributed by atoms with Crippen LogP contribution in [0.3, 0.4) is 0 Å². The molecule has 0 aromatic heterocycles. The van der Waals surface area contributed by atoms with Crippen LogP contribution in [0.5, 0.6) is 0 Å². The van der Waals surface area contributed by atoms with Crippen LogP contribution in [-0.2, 0) is 19.1 Å². The SMILES string of the molecule is COC(=O)C1=CC(C(C)(C)C)C=C(C(=O)OC)[C@H]2C(C(C)(C)C)[C@@H]12. The van der Waals surface area contributed by atoms with Crippen molar-refractivity contribution in [2.45, 2.75) is 41.5 Å². The molecule has 0 N–H and O–H groups in total. The molecule has 1 saturated carbocycles. The van der Waals surface area contributed by atoms with Crippen LogP contribution in [0.1, 0.15) is 41.5 Å². The van der Waals surface area contributed by atoms with E-state index in [4.69, 9.17) is 9.47 Å². The van der Waals surface area contributed by atoms with E-state index in [1.807, 2.05) is 12.2 Å². The zero-order valence-electron chi connectivity index (χ0n) is 16.1. The van der Waals surface area contributed by atoms with E-state index in [2.05, 4.69) is 41.5 Å². The third-order valence-electron chi connectivity index (χ3n) is 5.30. The summed E-state index contributed by atoms with van der Waals surface area (Å²) in [5, 5.41) is 0. The second kappa shape index (κ2) is 6.05. The molecule has 0 heterocycles. The van der Waals surface area contributed by atoms with Crippen LogP contribution in [0.15, 0.2) is 23.3 Å². The van der Waals surface area contributed by atoms with Crippen molar-refractivity contribution in [3.05, 3.63) is 23.3 Å². The third-order valence-corrected chi connectivity index (χ3v) is 5.30. The molecule has 0 amide bonds. The van der Waals surface area contributed by atoms with Gasteiger partial charge in [-0.25, -0.2) is 9.59 Å². The van der Waals surface area contributed by atoms with Crippen molar-refractivity contribution in [1.82, 2.24) is 0 Å². The molecular weight excluding hydrogens is 304 g/mol. The number of esters is 2. The monoisotopic (exact) mass is 334 g/mol. The highest BCUT2D eigenvalue weighted by Gasteiger charge is 2.62. The molecule has 1 fully saturated rings. The fraction of sp³-hybridized carbons (Fsp3) is 0.700. The smallest absolute Gasteiger partial charge is 0.333 e. The van der Waals surface area contributed by atoms with E-state index in [-0.39, 0.29) is 46.4 Å². The molecule has 2 rings (SSSR count). The van der Waals surface area contributed by atoms with Gasteiger partial charge in [0.25, 0.3) is 0 Å². The van der Waals surface area contributed by atoms with Crippen molar-refractivity contribution in [2.75, 3.05) is 14.2 Å². The van der Waals surface area contributed by atoms with Crippen molar-refractivity contribution in [3.8, 4) is 0 Å². The molecule has 0 aromatic carbocycles. The third kappa shape index (κ3) is 3.28. The van der Waals surface area contributed by atoms with Gasteiger partial charge in [0.1, 0.15) is 0 Å². The molecule has 24 heavy (non-hydrogen) atoms. The molecule has 4 heteroatoms. The van der Waals surface area contributed by atoms with Crippen molar-refractivity contribution >= 4 is 11.9 Å². The summed E-state index contributed by atoms with van der Waals surface area (Å²) in [6, 6.07) is 0. The fourth-order valence-corrected chi connectivity index (χ4v) is 3.96. The molecule has 134 valence electrons. The summed E-state index contributed by atoms with van der Waals surface area (Å²) >= 11 is 0. The quantitative estimate of drug-likeness (QED) is 0.721. The summed E-state index contributed by atoms with van der Waals surface area (Å²) in [5.41, 5.74) is 1.30. The summed E-state index contributed by atoms with van der Waals surface area (Å²) in [6.45, 7) is 12.8. The van der Waals surface area contributed by atoms with Crippen LogP contribution in [0, 0.1) is 34.5 Å². The highest BCUT2D eigenvalue weighted by molar-refractivity contribution is 5.94. The summed E-state index contributed by atoms with van der Waals surface area (Å²) in [5.74, 6) is -0.315. The number of allylic oxidation sites excluding steroid dienone is 2. The molecular formula is C20H30O4. The molecule has 2 unspecified atom stereocenters. The van der Waals surface area contributed by atoms with E-state index < -0.39 is 0 Å². The first kappa shape index (κ1) is 18.8. The van der Waals surface area contributed by atoms with Gasteiger partial charge >= 0.3 is 11.9 Å². The van der Waals surface area contributed by atoms with Gasteiger partial charge in [-0.15, -0.1) is 0 Å². The Labute approximate surface area is 145 Å². The van der Waals surface area contributed by atoms with Crippen LogP contribution in [0.25, 0.3) is 0 Å². The molecule has 0 aliphatic heterocycles. The Hall–Kier alpha value is -1.58. The number of methoxy groups -OCH3 is 2. The summed E-state index contributed by atoms with van der Waals surface area (Å²) in [4.78, 5) is 24.8. The maximum Gasteiger partial charge on any atom is 0.333 e. The molecule has 0 saturated heterocycles. The lowest BCUT2D eigenvalue weighted by Crippen LogP contribution is -2.21. The summed E-state index contributed by atoms with van der Waals surface area (Å²) in [7, 11) is 2.83. The van der Waals surface area contributed by atoms with Gasteiger partial charge in [0.15, 0.2) is 0 Å². The lowest BCUT2D eigenvalue weighted by Gasteiger charge is -2.27. The summed E-state index contributed by atoms with van der Waals surface area (Å²) in [6.07, 6.45) is 4.01. The first-order valence-electron chi connectivity index (χ1n) is 8.53. The predicted molar refractivity (Wildman–Crippen MR) is 93.1 cm³/mol. The van der Waals surface area contributed by atoms with Gasteiger partial charge in [-0.2, -0.15) is 0 Å². The van der Waals surface area contributed by atoms with Crippen molar-refractivity contribution in [2.24, 2.45) is 34.5 Å². The van der Waals surface area contributed by atoms with Gasteiger partial charge in [-0.3, -0.25) is 0 Å². The predicted octanol–water partition coefficient (Wildman–Crippen LogP) is 3.77. The molecule has 0 radical (unpaired) electrons. The van der Waals surface area contributed by atoms with Gasteiger partial charge in [0.05, 0.1) is 14.2 Å². The Kier molecular flexibility index (Phi) is 4.73. The number of hydrogen-bond donors (Lipinski definition) is 0. The van der Waals surface area contributed by atoms with Crippen LogP contribution in [-0.4, -0.2) is 26.2 Å². The normalized spacial score (nSPS) is 29.7. The minimum atomic E-state index is -0.287. The van der Waals surface area contributed by atoms with E-state index in [1.54, 1.807) is 0 Å². The molecule has 2 aliphatic rings. The molecule has 0 bridgehead atoms. The Balaban J connectivity index is 2.57. The lowest BCUT2D eigenvalue weighted by molar-refractivity contribution is -0.137. The molecule has 0 aromatic rings. The molecule has 4 atom stereocenters. The largest absolute Gasteiger partial charge is 0.466 e. The number of ether oxygens (including phenoxy) is 2. The zero-order chi connectivity index (χ0) is 18.4. The number of hydrogen-bond acceptors (Lipinski definition) is 4. The minimum absolute atomic E-state index is 0.00980. The summed E-state index contributed by atoms with van der Waals surface area (Å²) < 4.78 is 10.1. The lowest BCUT2D eigenvalue weighted by atomic mass is 9.77. The van der Waals surface area contributed by atoms with Crippen molar-refractivity contribution in [3.63, 3.8) is 0 Å². The minimum Gasteiger partial charge on any atom is -0.466 e. The van der Waals surface area contributed by atoms with Crippen LogP contribution < -0.4 is 0 Å². The molecule has 2 aliphatic carbocycles. The number of carbonyl (C=O) groups excluding carboxylic acids is 2. The highest BCUT2D eigenvalue weighted by atomic mass is 16.5. The first-order valence-corrected chi connectivity index (χ1v) is 8.53. The maximum atomic E-state index is 12.4. The van der Waals surface area contributed by atoms with E-state index >= 15 is 0 Å². The average molecular weight is 334 g/mol. The first-order chi connectivity index (χ1) is 10.9. The van der Waals surface area contributed by atoms with E-state index in [1.165, 1.54) is 14.2 Å². The van der Waals surface area contributed by atoms with Gasteiger partial charge < -0.3 is 9.47 Å². The standard InChI is InChI=1S/C20H30O4/c1-19(2,3)11-9-12(17(21)23-7)14-15(16(14)20(4,5)6)13(10-11)18(22)24-8/h9-11,14-16H,1-8H3/t11?,14-,15+,16?. The van der Waals surface area contributed by atoms with E-state index in [0.717, 1.165) is 0 Å². The van der Waals surface area contributed by atoms with Gasteiger partial charge in [-0.05, 0) is 16.7 Å². The average Bonchev–Trinajstić information content (AvgIpc) is 3.20. The Morgan fingerprint density at radius 3 is 1.42 bits per heavy atom. The Bertz CT molecular complexity index is 558. The van der Waals surface area contributed by atoms with Crippen LogP contribution >= 0.6 is 0 Å². The van der Waals surface area contributed by atoms with Crippen LogP contribution in [0.2, 0.25) is 0 Å². The van der Waals surface area contributed by atoms with Crippen LogP contribution in [0.4, 0.5) is 0 Å². The Morgan fingerprint density at radius 2 is 1.17 bits per heavy atom. The highest BCUT2D eigenvalue weighted by Crippen LogP contribution is 2.64. The maximum absolute atomic E-state index is 12.4. The van der Waals surface area contributed by atoms with E-state index in [0.29, 0.717) is 11.1 Å². The molecule has 4 nitrogen and oxygen atoms in total. The van der Waals surface area contributed by atoms with Gasteiger partial charge in [0, 0.05) is 28.9 Å². The number of fused-ring (bicyclic) bond motifs is 1. The second-order valence-electron chi connectivity index (χ2n) is 9.06. The van der Waals surface area contributed by atoms with Gasteiger partial charge in [-0.1, -0.05) is 53.7 Å². The van der Waals surface area contributed by atoms with Crippen molar-refractivity contribution in [1.29, 1.82) is 0 Å². The number of carbonyl (C=O) groups is 2. The number of rotatable bonds is 2. The van der Waals surface area contributed by atoms with Gasteiger partial charge in [0.2, 0.25) is 0 Å². The zero-order valence-corrected chi connectivity index (χ0v) is 16.1. The molecule has 0 spiro atoms. The topological polar surface area (TPSA) is 52.6 Å². The Morgan fingerprint density at radius 1 is 0.792 bits per heavy atom. The van der Waals surface area contributed by atoms with E-state index in [9.17, 15) is 9.59 Å². The van der Waals surface area contributed by atoms with Crippen molar-refractivity contribution < 1.29 is 19.1 Å². The fourth-order valence-electron chi connectivity index (χ4n) is 3.96. The second-order valence-corrected chi connectivity index (χ2v) is 9.06.